The Labute approximate surface area is 141 Å². The number of rotatable bonds is 6. The molecule has 1 aliphatic carbocycles. The lowest BCUT2D eigenvalue weighted by molar-refractivity contribution is 0.0559. The quantitative estimate of drug-likeness (QED) is 0.864. The Hall–Kier alpha value is -0.770. The van der Waals surface area contributed by atoms with Gasteiger partial charge in [-0.25, -0.2) is 0 Å². The van der Waals surface area contributed by atoms with E-state index < -0.39 is 6.10 Å². The summed E-state index contributed by atoms with van der Waals surface area (Å²) in [5.41, 5.74) is 2.36. The van der Waals surface area contributed by atoms with E-state index in [0.717, 1.165) is 11.3 Å². The van der Waals surface area contributed by atoms with Gasteiger partial charge in [-0.3, -0.25) is 0 Å². The van der Waals surface area contributed by atoms with E-state index in [9.17, 15) is 5.11 Å². The third kappa shape index (κ3) is 5.79. The Balaban J connectivity index is 0.00000242. The number of aliphatic hydroxyl groups excluding tert-OH is 1. The van der Waals surface area contributed by atoms with Crippen LogP contribution in [0.15, 0.2) is 18.2 Å². The van der Waals surface area contributed by atoms with E-state index in [1.807, 2.05) is 19.1 Å². The molecule has 2 rings (SSSR count). The molecule has 1 atom stereocenters. The summed E-state index contributed by atoms with van der Waals surface area (Å²) < 4.78 is 5.77. The lowest BCUT2D eigenvalue weighted by Gasteiger charge is -2.32. The van der Waals surface area contributed by atoms with E-state index in [0.29, 0.717) is 19.2 Å². The number of ether oxygens (including phenoxy) is 1. The summed E-state index contributed by atoms with van der Waals surface area (Å²) in [6.07, 6.45) is 6.11. The molecule has 1 aromatic rings. The normalized spacial score (nSPS) is 17.1. The number of benzene rings is 1. The molecule has 1 saturated carbocycles. The van der Waals surface area contributed by atoms with Crippen molar-refractivity contribution in [2.24, 2.45) is 0 Å². The van der Waals surface area contributed by atoms with Gasteiger partial charge < -0.3 is 14.7 Å². The van der Waals surface area contributed by atoms with E-state index in [2.05, 4.69) is 24.9 Å². The van der Waals surface area contributed by atoms with Crippen molar-refractivity contribution >= 4 is 12.4 Å². The molecule has 0 radical (unpaired) electrons. The minimum atomic E-state index is -0.433. The molecule has 4 heteroatoms. The maximum absolute atomic E-state index is 10.2. The first-order chi connectivity index (χ1) is 10.1. The minimum absolute atomic E-state index is 0. The van der Waals surface area contributed by atoms with Crippen molar-refractivity contribution < 1.29 is 9.84 Å². The van der Waals surface area contributed by atoms with Gasteiger partial charge in [0.25, 0.3) is 0 Å². The van der Waals surface area contributed by atoms with Gasteiger partial charge in [-0.15, -0.1) is 12.4 Å². The van der Waals surface area contributed by atoms with Gasteiger partial charge in [-0.05, 0) is 45.4 Å². The minimum Gasteiger partial charge on any atom is -0.491 e. The predicted octanol–water partition coefficient (Wildman–Crippen LogP) is 3.73. The van der Waals surface area contributed by atoms with Crippen molar-refractivity contribution in [3.8, 4) is 5.75 Å². The molecule has 0 amide bonds. The molecule has 22 heavy (non-hydrogen) atoms. The summed E-state index contributed by atoms with van der Waals surface area (Å²) in [7, 11) is 2.12. The molecule has 0 aromatic heterocycles. The van der Waals surface area contributed by atoms with Gasteiger partial charge in [0.2, 0.25) is 0 Å². The molecule has 0 saturated heterocycles. The number of hydrogen-bond donors (Lipinski definition) is 1. The van der Waals surface area contributed by atoms with E-state index in [1.165, 1.54) is 37.7 Å². The Morgan fingerprint density at radius 1 is 1.23 bits per heavy atom. The molecule has 1 aliphatic rings. The molecular weight excluding hydrogens is 298 g/mol. The second-order valence-electron chi connectivity index (χ2n) is 6.47. The lowest BCUT2D eigenvalue weighted by Crippen LogP contribution is -2.40. The van der Waals surface area contributed by atoms with Gasteiger partial charge in [-0.1, -0.05) is 37.0 Å². The molecule has 1 fully saturated rings. The molecule has 1 aromatic carbocycles. The van der Waals surface area contributed by atoms with Crippen molar-refractivity contribution in [3.05, 3.63) is 29.3 Å². The van der Waals surface area contributed by atoms with Crippen LogP contribution in [0.25, 0.3) is 0 Å². The molecule has 1 N–H and O–H groups in total. The number of hydrogen-bond acceptors (Lipinski definition) is 3. The van der Waals surface area contributed by atoms with Crippen LogP contribution >= 0.6 is 12.4 Å². The van der Waals surface area contributed by atoms with Crippen LogP contribution in [0.3, 0.4) is 0 Å². The summed E-state index contributed by atoms with van der Waals surface area (Å²) in [5.74, 6) is 0.875. The Morgan fingerprint density at radius 2 is 1.91 bits per heavy atom. The van der Waals surface area contributed by atoms with Crippen LogP contribution in [0, 0.1) is 13.8 Å². The fraction of sp³-hybridized carbons (Fsp3) is 0.667. The fourth-order valence-electron chi connectivity index (χ4n) is 3.20. The molecule has 0 spiro atoms. The first kappa shape index (κ1) is 19.3. The summed E-state index contributed by atoms with van der Waals surface area (Å²) in [6.45, 7) is 5.17. The van der Waals surface area contributed by atoms with E-state index in [1.54, 1.807) is 0 Å². The van der Waals surface area contributed by atoms with Gasteiger partial charge in [0, 0.05) is 12.6 Å². The van der Waals surface area contributed by atoms with Gasteiger partial charge in [0.1, 0.15) is 18.5 Å². The van der Waals surface area contributed by atoms with Crippen LogP contribution in [0.1, 0.15) is 43.2 Å². The smallest absolute Gasteiger partial charge is 0.122 e. The summed E-state index contributed by atoms with van der Waals surface area (Å²) in [4.78, 5) is 2.30. The van der Waals surface area contributed by atoms with Crippen molar-refractivity contribution in [1.82, 2.24) is 4.90 Å². The lowest BCUT2D eigenvalue weighted by atomic mass is 9.94. The largest absolute Gasteiger partial charge is 0.491 e. The van der Waals surface area contributed by atoms with E-state index >= 15 is 0 Å². The Morgan fingerprint density at radius 3 is 2.55 bits per heavy atom. The summed E-state index contributed by atoms with van der Waals surface area (Å²) in [6, 6.07) is 6.77. The van der Waals surface area contributed by atoms with Gasteiger partial charge in [-0.2, -0.15) is 0 Å². The maximum atomic E-state index is 10.2. The standard InChI is InChI=1S/C18H29NO2.ClH/c1-14-9-10-18(15(2)11-14)21-13-17(20)12-19(3)16-7-5-4-6-8-16;/h9-11,16-17,20H,4-8,12-13H2,1-3H3;1H. The van der Waals surface area contributed by atoms with Gasteiger partial charge in [0.15, 0.2) is 0 Å². The summed E-state index contributed by atoms with van der Waals surface area (Å²) in [5, 5.41) is 10.2. The zero-order valence-electron chi connectivity index (χ0n) is 14.0. The van der Waals surface area contributed by atoms with Crippen LogP contribution < -0.4 is 4.74 Å². The molecule has 126 valence electrons. The van der Waals surface area contributed by atoms with Crippen LogP contribution in [0.5, 0.6) is 5.75 Å². The van der Waals surface area contributed by atoms with Crippen molar-refractivity contribution in [1.29, 1.82) is 0 Å². The molecule has 0 aliphatic heterocycles. The highest BCUT2D eigenvalue weighted by molar-refractivity contribution is 5.85. The SMILES string of the molecule is Cc1ccc(OCC(O)CN(C)C2CCCCC2)c(C)c1.Cl. The van der Waals surface area contributed by atoms with E-state index in [4.69, 9.17) is 4.74 Å². The second-order valence-corrected chi connectivity index (χ2v) is 6.47. The Kier molecular flexibility index (Phi) is 8.23. The summed E-state index contributed by atoms with van der Waals surface area (Å²) >= 11 is 0. The second kappa shape index (κ2) is 9.39. The zero-order valence-corrected chi connectivity index (χ0v) is 14.9. The predicted molar refractivity (Wildman–Crippen MR) is 94.2 cm³/mol. The zero-order chi connectivity index (χ0) is 15.2. The number of likely N-dealkylation sites (N-methyl/N-ethyl adjacent to an activating group) is 1. The van der Waals surface area contributed by atoms with Crippen molar-refractivity contribution in [2.75, 3.05) is 20.2 Å². The number of nitrogens with zero attached hydrogens (tertiary/aromatic N) is 1. The highest BCUT2D eigenvalue weighted by atomic mass is 35.5. The monoisotopic (exact) mass is 327 g/mol. The van der Waals surface area contributed by atoms with Crippen LogP contribution in [0.4, 0.5) is 0 Å². The topological polar surface area (TPSA) is 32.7 Å². The number of aliphatic hydroxyl groups is 1. The molecule has 0 heterocycles. The highest BCUT2D eigenvalue weighted by Crippen LogP contribution is 2.22. The van der Waals surface area contributed by atoms with Crippen LogP contribution in [-0.2, 0) is 0 Å². The number of halogens is 1. The average Bonchev–Trinajstić information content (AvgIpc) is 2.47. The van der Waals surface area contributed by atoms with Crippen molar-refractivity contribution in [2.45, 2.75) is 58.1 Å². The van der Waals surface area contributed by atoms with Gasteiger partial charge >= 0.3 is 0 Å². The molecule has 1 unspecified atom stereocenters. The van der Waals surface area contributed by atoms with E-state index in [-0.39, 0.29) is 12.4 Å². The van der Waals surface area contributed by atoms with Crippen molar-refractivity contribution in [3.63, 3.8) is 0 Å². The fourth-order valence-corrected chi connectivity index (χ4v) is 3.20. The van der Waals surface area contributed by atoms with Crippen LogP contribution in [0.2, 0.25) is 0 Å². The van der Waals surface area contributed by atoms with Crippen LogP contribution in [-0.4, -0.2) is 42.4 Å². The molecule has 3 nitrogen and oxygen atoms in total. The first-order valence-electron chi connectivity index (χ1n) is 8.14. The number of aryl methyl sites for hydroxylation is 2. The Bertz CT molecular complexity index is 447. The molecule has 0 bridgehead atoms. The average molecular weight is 328 g/mol. The third-order valence-corrected chi connectivity index (χ3v) is 4.46. The van der Waals surface area contributed by atoms with Gasteiger partial charge in [0.05, 0.1) is 0 Å². The first-order valence-corrected chi connectivity index (χ1v) is 8.14. The third-order valence-electron chi connectivity index (χ3n) is 4.46. The maximum Gasteiger partial charge on any atom is 0.122 e. The highest BCUT2D eigenvalue weighted by Gasteiger charge is 2.20. The molecular formula is C18H30ClNO2.